The van der Waals surface area contributed by atoms with Crippen molar-refractivity contribution in [3.05, 3.63) is 35.9 Å². The van der Waals surface area contributed by atoms with E-state index in [2.05, 4.69) is 11.9 Å². The molecule has 3 heteroatoms. The molecule has 104 valence electrons. The summed E-state index contributed by atoms with van der Waals surface area (Å²) in [6.45, 7) is 7.43. The molecule has 0 saturated heterocycles. The second-order valence-corrected chi connectivity index (χ2v) is 5.18. The molecule has 1 saturated carbocycles. The minimum atomic E-state index is 0.679. The van der Waals surface area contributed by atoms with E-state index in [4.69, 9.17) is 9.47 Å². The number of rotatable bonds is 8. The number of ether oxygens (including phenoxy) is 2. The molecule has 3 nitrogen and oxygen atoms in total. The molecule has 0 heterocycles. The summed E-state index contributed by atoms with van der Waals surface area (Å²) in [5.41, 5.74) is 2.30. The second-order valence-electron chi connectivity index (χ2n) is 5.18. The first-order chi connectivity index (χ1) is 9.19. The molecule has 0 unspecified atom stereocenters. The normalized spacial score (nSPS) is 14.2. The number of hydrogen-bond donors (Lipinski definition) is 1. The first-order valence-corrected chi connectivity index (χ1v) is 6.86. The van der Waals surface area contributed by atoms with E-state index >= 15 is 0 Å². The molecular weight excluding hydrogens is 238 g/mol. The molecule has 19 heavy (non-hydrogen) atoms. The van der Waals surface area contributed by atoms with Gasteiger partial charge in [-0.25, -0.2) is 0 Å². The third-order valence-corrected chi connectivity index (χ3v) is 3.21. The van der Waals surface area contributed by atoms with Gasteiger partial charge in [-0.15, -0.1) is 6.58 Å². The van der Waals surface area contributed by atoms with Crippen LogP contribution >= 0.6 is 0 Å². The highest BCUT2D eigenvalue weighted by molar-refractivity contribution is 5.40. The van der Waals surface area contributed by atoms with Crippen molar-refractivity contribution in [2.45, 2.75) is 38.8 Å². The van der Waals surface area contributed by atoms with Gasteiger partial charge >= 0.3 is 0 Å². The van der Waals surface area contributed by atoms with Crippen molar-refractivity contribution in [1.82, 2.24) is 5.32 Å². The Balaban J connectivity index is 1.98. The minimum absolute atomic E-state index is 0.679. The molecule has 0 spiro atoms. The van der Waals surface area contributed by atoms with Gasteiger partial charge in [0.05, 0.1) is 13.7 Å². The lowest BCUT2D eigenvalue weighted by Gasteiger charge is -2.13. The van der Waals surface area contributed by atoms with Crippen LogP contribution in [0.4, 0.5) is 0 Å². The van der Waals surface area contributed by atoms with E-state index in [0.717, 1.165) is 35.6 Å². The quantitative estimate of drug-likeness (QED) is 0.728. The predicted molar refractivity (Wildman–Crippen MR) is 77.8 cm³/mol. The van der Waals surface area contributed by atoms with Crippen LogP contribution in [0, 0.1) is 0 Å². The zero-order valence-corrected chi connectivity index (χ0v) is 11.9. The predicted octanol–water partition coefficient (Wildman–Crippen LogP) is 3.29. The zero-order chi connectivity index (χ0) is 13.7. The van der Waals surface area contributed by atoms with E-state index in [1.807, 2.05) is 25.1 Å². The maximum absolute atomic E-state index is 5.84. The Morgan fingerprint density at radius 2 is 2.21 bits per heavy atom. The van der Waals surface area contributed by atoms with Gasteiger partial charge in [0.2, 0.25) is 0 Å². The summed E-state index contributed by atoms with van der Waals surface area (Å²) in [7, 11) is 1.69. The van der Waals surface area contributed by atoms with Crippen LogP contribution in [0.3, 0.4) is 0 Å². The van der Waals surface area contributed by atoms with Gasteiger partial charge in [-0.05, 0) is 38.0 Å². The van der Waals surface area contributed by atoms with Crippen molar-refractivity contribution in [3.8, 4) is 11.5 Å². The molecule has 0 atom stereocenters. The van der Waals surface area contributed by atoms with Gasteiger partial charge in [0.15, 0.2) is 0 Å². The van der Waals surface area contributed by atoms with Crippen LogP contribution in [0.1, 0.15) is 31.7 Å². The summed E-state index contributed by atoms with van der Waals surface area (Å²) < 4.78 is 11.1. The van der Waals surface area contributed by atoms with Crippen molar-refractivity contribution in [2.24, 2.45) is 0 Å². The molecule has 1 fully saturated rings. The Bertz CT molecular complexity index is 438. The largest absolute Gasteiger partial charge is 0.497 e. The highest BCUT2D eigenvalue weighted by atomic mass is 16.5. The molecule has 0 aromatic heterocycles. The smallest absolute Gasteiger partial charge is 0.124 e. The SMILES string of the molecule is C=C(C)CCOc1ccc(OC)cc1CNC1CC1. The maximum Gasteiger partial charge on any atom is 0.124 e. The molecule has 1 aliphatic rings. The van der Waals surface area contributed by atoms with E-state index in [0.29, 0.717) is 12.6 Å². The van der Waals surface area contributed by atoms with Crippen LogP contribution in [0.15, 0.2) is 30.4 Å². The van der Waals surface area contributed by atoms with E-state index < -0.39 is 0 Å². The topological polar surface area (TPSA) is 30.5 Å². The Labute approximate surface area is 115 Å². The van der Waals surface area contributed by atoms with E-state index in [1.54, 1.807) is 7.11 Å². The Kier molecular flexibility index (Phi) is 4.86. The van der Waals surface area contributed by atoms with E-state index in [-0.39, 0.29) is 0 Å². The average molecular weight is 261 g/mol. The van der Waals surface area contributed by atoms with Gasteiger partial charge in [-0.2, -0.15) is 0 Å². The average Bonchev–Trinajstić information content (AvgIpc) is 3.21. The highest BCUT2D eigenvalue weighted by Crippen LogP contribution is 2.26. The Morgan fingerprint density at radius 3 is 2.84 bits per heavy atom. The lowest BCUT2D eigenvalue weighted by Crippen LogP contribution is -2.16. The van der Waals surface area contributed by atoms with Crippen LogP contribution in [-0.4, -0.2) is 19.8 Å². The second kappa shape index (κ2) is 6.62. The third-order valence-electron chi connectivity index (χ3n) is 3.21. The fourth-order valence-corrected chi connectivity index (χ4v) is 1.84. The summed E-state index contributed by atoms with van der Waals surface area (Å²) in [5.74, 6) is 1.81. The molecular formula is C16H23NO2. The molecule has 2 rings (SSSR count). The molecule has 1 aromatic rings. The number of hydrogen-bond acceptors (Lipinski definition) is 3. The van der Waals surface area contributed by atoms with Gasteiger partial charge in [-0.3, -0.25) is 0 Å². The molecule has 0 radical (unpaired) electrons. The lowest BCUT2D eigenvalue weighted by atomic mass is 10.2. The van der Waals surface area contributed by atoms with Crippen LogP contribution < -0.4 is 14.8 Å². The molecule has 0 aliphatic heterocycles. The van der Waals surface area contributed by atoms with E-state index in [9.17, 15) is 0 Å². The highest BCUT2D eigenvalue weighted by Gasteiger charge is 2.20. The summed E-state index contributed by atoms with van der Waals surface area (Å²) in [5, 5.41) is 3.51. The number of benzene rings is 1. The van der Waals surface area contributed by atoms with Crippen molar-refractivity contribution in [3.63, 3.8) is 0 Å². The van der Waals surface area contributed by atoms with Crippen molar-refractivity contribution in [1.29, 1.82) is 0 Å². The summed E-state index contributed by atoms with van der Waals surface area (Å²) in [6, 6.07) is 6.66. The van der Waals surface area contributed by atoms with Crippen molar-refractivity contribution in [2.75, 3.05) is 13.7 Å². The fourth-order valence-electron chi connectivity index (χ4n) is 1.84. The van der Waals surface area contributed by atoms with Crippen molar-refractivity contribution < 1.29 is 9.47 Å². The number of nitrogens with one attached hydrogen (secondary N) is 1. The molecule has 1 aliphatic carbocycles. The van der Waals surface area contributed by atoms with Gasteiger partial charge in [0.1, 0.15) is 11.5 Å². The third kappa shape index (κ3) is 4.60. The van der Waals surface area contributed by atoms with Gasteiger partial charge in [0, 0.05) is 24.6 Å². The van der Waals surface area contributed by atoms with Gasteiger partial charge in [0.25, 0.3) is 0 Å². The standard InChI is InChI=1S/C16H23NO2/c1-12(2)8-9-19-16-7-6-15(18-3)10-13(16)11-17-14-4-5-14/h6-7,10,14,17H,1,4-5,8-9,11H2,2-3H3. The zero-order valence-electron chi connectivity index (χ0n) is 11.9. The summed E-state index contributed by atoms with van der Waals surface area (Å²) in [4.78, 5) is 0. The Morgan fingerprint density at radius 1 is 1.42 bits per heavy atom. The van der Waals surface area contributed by atoms with Crippen molar-refractivity contribution >= 4 is 0 Å². The monoisotopic (exact) mass is 261 g/mol. The maximum atomic E-state index is 5.84. The molecule has 1 aromatic carbocycles. The first kappa shape index (κ1) is 13.9. The minimum Gasteiger partial charge on any atom is -0.497 e. The van der Waals surface area contributed by atoms with Crippen LogP contribution in [0.2, 0.25) is 0 Å². The van der Waals surface area contributed by atoms with Crippen LogP contribution in [-0.2, 0) is 6.54 Å². The van der Waals surface area contributed by atoms with E-state index in [1.165, 1.54) is 12.8 Å². The summed E-state index contributed by atoms with van der Waals surface area (Å²) >= 11 is 0. The molecule has 1 N–H and O–H groups in total. The number of methoxy groups -OCH3 is 1. The van der Waals surface area contributed by atoms with Crippen LogP contribution in [0.25, 0.3) is 0 Å². The van der Waals surface area contributed by atoms with Gasteiger partial charge < -0.3 is 14.8 Å². The lowest BCUT2D eigenvalue weighted by molar-refractivity contribution is 0.316. The Hall–Kier alpha value is -1.48. The summed E-state index contributed by atoms with van der Waals surface area (Å²) in [6.07, 6.45) is 3.47. The fraction of sp³-hybridized carbons (Fsp3) is 0.500. The molecule has 0 amide bonds. The van der Waals surface area contributed by atoms with Gasteiger partial charge in [-0.1, -0.05) is 5.57 Å². The molecule has 0 bridgehead atoms. The first-order valence-electron chi connectivity index (χ1n) is 6.86. The van der Waals surface area contributed by atoms with Crippen LogP contribution in [0.5, 0.6) is 11.5 Å².